The number of hydrogen-bond acceptors (Lipinski definition) is 2. The Morgan fingerprint density at radius 2 is 1.71 bits per heavy atom. The lowest BCUT2D eigenvalue weighted by Crippen LogP contribution is -2.39. The van der Waals surface area contributed by atoms with Gasteiger partial charge in [-0.3, -0.25) is 0 Å². The highest BCUT2D eigenvalue weighted by Crippen LogP contribution is 2.34. The van der Waals surface area contributed by atoms with E-state index >= 15 is 0 Å². The van der Waals surface area contributed by atoms with Crippen molar-refractivity contribution in [2.75, 3.05) is 11.4 Å². The molecule has 0 radical (unpaired) electrons. The van der Waals surface area contributed by atoms with Crippen LogP contribution >= 0.6 is 0 Å². The molecule has 0 N–H and O–H groups in total. The summed E-state index contributed by atoms with van der Waals surface area (Å²) in [5, 5.41) is 8.77. The van der Waals surface area contributed by atoms with Crippen molar-refractivity contribution >= 4 is 5.69 Å². The molecule has 0 unspecified atom stereocenters. The maximum Gasteiger partial charge on any atom is 0.417 e. The second-order valence-corrected chi connectivity index (χ2v) is 4.68. The summed E-state index contributed by atoms with van der Waals surface area (Å²) in [7, 11) is 0. The smallest absolute Gasteiger partial charge is 0.360 e. The van der Waals surface area contributed by atoms with Crippen molar-refractivity contribution in [3.8, 4) is 6.07 Å². The molecule has 8 heteroatoms. The molecule has 0 amide bonds. The number of nitriles is 1. The van der Waals surface area contributed by atoms with Gasteiger partial charge in [0, 0.05) is 11.7 Å². The van der Waals surface area contributed by atoms with E-state index in [2.05, 4.69) is 0 Å². The van der Waals surface area contributed by atoms with Crippen LogP contribution < -0.4 is 4.90 Å². The Hall–Kier alpha value is -1.91. The second-order valence-electron chi connectivity index (χ2n) is 4.68. The molecule has 116 valence electrons. The van der Waals surface area contributed by atoms with Gasteiger partial charge in [0.05, 0.1) is 17.2 Å². The third-order valence-electron chi connectivity index (χ3n) is 2.73. The molecule has 0 aliphatic carbocycles. The summed E-state index contributed by atoms with van der Waals surface area (Å²) < 4.78 is 75.5. The molecule has 1 aromatic carbocycles. The van der Waals surface area contributed by atoms with Gasteiger partial charge in [-0.25, -0.2) is 0 Å². The van der Waals surface area contributed by atoms with Crippen molar-refractivity contribution in [3.63, 3.8) is 0 Å². The van der Waals surface area contributed by atoms with E-state index in [9.17, 15) is 26.3 Å². The molecule has 0 saturated heterocycles. The first-order valence-corrected chi connectivity index (χ1v) is 5.90. The Morgan fingerprint density at radius 1 is 1.14 bits per heavy atom. The summed E-state index contributed by atoms with van der Waals surface area (Å²) in [6.07, 6.45) is -9.23. The zero-order chi connectivity index (χ0) is 16.4. The second kappa shape index (κ2) is 5.84. The van der Waals surface area contributed by atoms with Gasteiger partial charge in [0.15, 0.2) is 0 Å². The summed E-state index contributed by atoms with van der Waals surface area (Å²) >= 11 is 0. The fourth-order valence-electron chi connectivity index (χ4n) is 1.82. The highest BCUT2D eigenvalue weighted by Gasteiger charge is 2.35. The van der Waals surface area contributed by atoms with Crippen LogP contribution in [0.5, 0.6) is 0 Å². The highest BCUT2D eigenvalue weighted by atomic mass is 19.4. The van der Waals surface area contributed by atoms with Gasteiger partial charge >= 0.3 is 12.4 Å². The first-order chi connectivity index (χ1) is 9.45. The van der Waals surface area contributed by atoms with Crippen molar-refractivity contribution < 1.29 is 26.3 Å². The molecule has 1 rings (SSSR count). The molecule has 0 aromatic heterocycles. The highest BCUT2D eigenvalue weighted by molar-refractivity contribution is 5.56. The van der Waals surface area contributed by atoms with Gasteiger partial charge in [0.1, 0.15) is 6.54 Å². The molecular weight excluding hydrogens is 298 g/mol. The van der Waals surface area contributed by atoms with E-state index in [1.807, 2.05) is 0 Å². The van der Waals surface area contributed by atoms with E-state index in [0.29, 0.717) is 6.07 Å². The van der Waals surface area contributed by atoms with Gasteiger partial charge in [0.2, 0.25) is 0 Å². The minimum absolute atomic E-state index is 0.0770. The van der Waals surface area contributed by atoms with Crippen LogP contribution in [-0.2, 0) is 6.18 Å². The van der Waals surface area contributed by atoms with E-state index in [-0.39, 0.29) is 5.69 Å². The maximum absolute atomic E-state index is 12.7. The number of anilines is 1. The predicted molar refractivity (Wildman–Crippen MR) is 64.7 cm³/mol. The number of hydrogen-bond donors (Lipinski definition) is 0. The Kier molecular flexibility index (Phi) is 4.76. The van der Waals surface area contributed by atoms with Gasteiger partial charge < -0.3 is 4.90 Å². The quantitative estimate of drug-likeness (QED) is 0.776. The summed E-state index contributed by atoms with van der Waals surface area (Å²) in [4.78, 5) is 0.890. The van der Waals surface area contributed by atoms with Gasteiger partial charge in [-0.1, -0.05) is 0 Å². The Balaban J connectivity index is 3.27. The predicted octanol–water partition coefficient (Wildman–Crippen LogP) is 4.35. The fourth-order valence-corrected chi connectivity index (χ4v) is 1.82. The SMILES string of the molecule is CC(C)N(CC(F)(F)F)c1ccc(C(F)(F)F)c(C#N)c1. The number of halogens is 6. The molecule has 0 spiro atoms. The number of alkyl halides is 6. The van der Waals surface area contributed by atoms with Crippen LogP contribution in [0.4, 0.5) is 32.0 Å². The average Bonchev–Trinajstić information content (AvgIpc) is 2.32. The third-order valence-corrected chi connectivity index (χ3v) is 2.73. The standard InChI is InChI=1S/C13H12F6N2/c1-8(2)21(7-12(14,15)16)10-3-4-11(13(17,18)19)9(5-10)6-20/h3-5,8H,7H2,1-2H3. The minimum Gasteiger partial charge on any atom is -0.360 e. The molecule has 1 aromatic rings. The van der Waals surface area contributed by atoms with Crippen LogP contribution in [0.15, 0.2) is 18.2 Å². The first-order valence-electron chi connectivity index (χ1n) is 5.90. The molecule has 0 saturated carbocycles. The van der Waals surface area contributed by atoms with Gasteiger partial charge in [0.25, 0.3) is 0 Å². The first kappa shape index (κ1) is 17.1. The number of nitrogens with zero attached hydrogens (tertiary/aromatic N) is 2. The summed E-state index contributed by atoms with van der Waals surface area (Å²) in [6.45, 7) is 1.66. The lowest BCUT2D eigenvalue weighted by molar-refractivity contribution is -0.137. The largest absolute Gasteiger partial charge is 0.417 e. The van der Waals surface area contributed by atoms with Crippen molar-refractivity contribution in [1.29, 1.82) is 5.26 Å². The monoisotopic (exact) mass is 310 g/mol. The van der Waals surface area contributed by atoms with Crippen LogP contribution in [-0.4, -0.2) is 18.8 Å². The molecule has 0 fully saturated rings. The Morgan fingerprint density at radius 3 is 2.10 bits per heavy atom. The molecule has 0 bridgehead atoms. The summed E-state index contributed by atoms with van der Waals surface area (Å²) in [6, 6.07) is 3.18. The van der Waals surface area contributed by atoms with Crippen LogP contribution in [0, 0.1) is 11.3 Å². The Bertz CT molecular complexity index is 539. The van der Waals surface area contributed by atoms with E-state index in [1.54, 1.807) is 0 Å². The molecular formula is C13H12F6N2. The summed E-state index contributed by atoms with van der Waals surface area (Å²) in [5.41, 5.74) is -1.94. The van der Waals surface area contributed by atoms with E-state index < -0.39 is 36.1 Å². The van der Waals surface area contributed by atoms with Crippen molar-refractivity contribution in [1.82, 2.24) is 0 Å². The molecule has 2 nitrogen and oxygen atoms in total. The average molecular weight is 310 g/mol. The minimum atomic E-state index is -4.73. The zero-order valence-corrected chi connectivity index (χ0v) is 11.2. The Labute approximate surface area is 117 Å². The van der Waals surface area contributed by atoms with E-state index in [0.717, 1.165) is 17.0 Å². The van der Waals surface area contributed by atoms with Crippen LogP contribution in [0.2, 0.25) is 0 Å². The maximum atomic E-state index is 12.7. The van der Waals surface area contributed by atoms with Crippen LogP contribution in [0.1, 0.15) is 25.0 Å². The molecule has 0 heterocycles. The van der Waals surface area contributed by atoms with Gasteiger partial charge in [-0.05, 0) is 32.0 Å². The molecule has 0 aliphatic heterocycles. The normalized spacial score (nSPS) is 12.4. The van der Waals surface area contributed by atoms with Crippen LogP contribution in [0.3, 0.4) is 0 Å². The number of rotatable bonds is 3. The lowest BCUT2D eigenvalue weighted by atomic mass is 10.1. The lowest BCUT2D eigenvalue weighted by Gasteiger charge is -2.30. The topological polar surface area (TPSA) is 27.0 Å². The zero-order valence-electron chi connectivity index (χ0n) is 11.2. The fraction of sp³-hybridized carbons (Fsp3) is 0.462. The van der Waals surface area contributed by atoms with Gasteiger partial charge in [-0.15, -0.1) is 0 Å². The summed E-state index contributed by atoms with van der Waals surface area (Å²) in [5.74, 6) is 0. The molecule has 0 aliphatic rings. The van der Waals surface area contributed by atoms with E-state index in [4.69, 9.17) is 5.26 Å². The number of benzene rings is 1. The molecule has 21 heavy (non-hydrogen) atoms. The van der Waals surface area contributed by atoms with Crippen LogP contribution in [0.25, 0.3) is 0 Å². The van der Waals surface area contributed by atoms with Crippen molar-refractivity contribution in [3.05, 3.63) is 29.3 Å². The van der Waals surface area contributed by atoms with Gasteiger partial charge in [-0.2, -0.15) is 31.6 Å². The van der Waals surface area contributed by atoms with Crippen molar-refractivity contribution in [2.45, 2.75) is 32.2 Å². The molecule has 0 atom stereocenters. The third kappa shape index (κ3) is 4.55. The van der Waals surface area contributed by atoms with Crippen molar-refractivity contribution in [2.24, 2.45) is 0 Å². The van der Waals surface area contributed by atoms with E-state index in [1.165, 1.54) is 19.9 Å².